The van der Waals surface area contributed by atoms with Gasteiger partial charge >= 0.3 is 5.63 Å². The molecule has 6 nitrogen and oxygen atoms in total. The fraction of sp³-hybridized carbons (Fsp3) is 0.174. The Morgan fingerprint density at radius 2 is 2.09 bits per heavy atom. The maximum absolute atomic E-state index is 13.8. The van der Waals surface area contributed by atoms with Gasteiger partial charge in [-0.15, -0.1) is 16.8 Å². The van der Waals surface area contributed by atoms with Gasteiger partial charge in [-0.3, -0.25) is 4.57 Å². The lowest BCUT2D eigenvalue weighted by atomic mass is 10.1. The van der Waals surface area contributed by atoms with Crippen LogP contribution in [0.25, 0.3) is 11.0 Å². The second kappa shape index (κ2) is 9.58. The number of allylic oxidation sites excluding steroid dienone is 1. The summed E-state index contributed by atoms with van der Waals surface area (Å²) in [6.07, 6.45) is 1.72. The molecule has 2 aromatic carbocycles. The molecule has 4 rings (SSSR count). The van der Waals surface area contributed by atoms with Gasteiger partial charge in [0.1, 0.15) is 12.2 Å². The molecule has 0 aliphatic rings. The van der Waals surface area contributed by atoms with E-state index in [9.17, 15) is 9.18 Å². The summed E-state index contributed by atoms with van der Waals surface area (Å²) in [6, 6.07) is 11.2. The molecule has 0 aliphatic carbocycles. The zero-order valence-electron chi connectivity index (χ0n) is 17.2. The van der Waals surface area contributed by atoms with E-state index in [1.807, 2.05) is 11.5 Å². The molecule has 0 N–H and O–H groups in total. The average molecular weight is 472 g/mol. The van der Waals surface area contributed by atoms with Gasteiger partial charge in [0.2, 0.25) is 0 Å². The molecule has 0 amide bonds. The van der Waals surface area contributed by atoms with Crippen molar-refractivity contribution in [2.75, 3.05) is 0 Å². The Morgan fingerprint density at radius 3 is 2.88 bits per heavy atom. The summed E-state index contributed by atoms with van der Waals surface area (Å²) in [7, 11) is 0. The summed E-state index contributed by atoms with van der Waals surface area (Å²) < 4.78 is 26.6. The maximum atomic E-state index is 13.8. The first-order valence-corrected chi connectivity index (χ1v) is 11.1. The minimum Gasteiger partial charge on any atom is -0.483 e. The molecule has 0 unspecified atom stereocenters. The molecule has 9 heteroatoms. The van der Waals surface area contributed by atoms with Crippen LogP contribution >= 0.6 is 23.4 Å². The van der Waals surface area contributed by atoms with Crippen molar-refractivity contribution in [3.05, 3.63) is 93.3 Å². The van der Waals surface area contributed by atoms with Gasteiger partial charge in [-0.2, -0.15) is 0 Å². The second-order valence-corrected chi connectivity index (χ2v) is 8.34. The Balaban J connectivity index is 1.57. The lowest BCUT2D eigenvalue weighted by molar-refractivity contribution is 0.275. The number of para-hydroxylation sites is 1. The van der Waals surface area contributed by atoms with Crippen LogP contribution in [0.2, 0.25) is 5.02 Å². The first-order chi connectivity index (χ1) is 15.5. The number of halogens is 2. The molecule has 0 saturated heterocycles. The highest BCUT2D eigenvalue weighted by Gasteiger charge is 2.15. The first kappa shape index (κ1) is 22.1. The molecular formula is C23H19ClFN3O3S. The van der Waals surface area contributed by atoms with Crippen molar-refractivity contribution in [3.8, 4) is 5.75 Å². The molecule has 0 fully saturated rings. The van der Waals surface area contributed by atoms with Crippen LogP contribution in [-0.2, 0) is 18.9 Å². The topological polar surface area (TPSA) is 70.2 Å². The number of hydrogen-bond donors (Lipinski definition) is 0. The molecule has 0 saturated carbocycles. The standard InChI is InChI=1S/C23H19ClFN3O3S/c1-3-8-28-21(12-30-19-7-5-4-6-18(19)25)26-27-23(28)32-13-15-10-22(29)31-20-9-14(2)17(24)11-16(15)20/h3-7,9-11H,1,8,12-13H2,2H3. The van der Waals surface area contributed by atoms with Crippen molar-refractivity contribution in [1.29, 1.82) is 0 Å². The number of benzene rings is 2. The van der Waals surface area contributed by atoms with E-state index >= 15 is 0 Å². The third-order valence-electron chi connectivity index (χ3n) is 4.76. The lowest BCUT2D eigenvalue weighted by Gasteiger charge is -2.10. The third kappa shape index (κ3) is 4.71. The van der Waals surface area contributed by atoms with Crippen molar-refractivity contribution in [2.45, 2.75) is 31.0 Å². The predicted octanol–water partition coefficient (Wildman–Crippen LogP) is 5.54. The van der Waals surface area contributed by atoms with E-state index in [1.165, 1.54) is 23.9 Å². The molecule has 32 heavy (non-hydrogen) atoms. The number of rotatable bonds is 8. The molecule has 0 atom stereocenters. The fourth-order valence-electron chi connectivity index (χ4n) is 3.16. The van der Waals surface area contributed by atoms with E-state index in [0.717, 1.165) is 16.5 Å². The third-order valence-corrected chi connectivity index (χ3v) is 6.19. The van der Waals surface area contributed by atoms with Gasteiger partial charge in [0.25, 0.3) is 0 Å². The number of hydrogen-bond acceptors (Lipinski definition) is 6. The minimum absolute atomic E-state index is 0.0507. The van der Waals surface area contributed by atoms with Crippen molar-refractivity contribution >= 4 is 34.3 Å². The van der Waals surface area contributed by atoms with Gasteiger partial charge in [-0.1, -0.05) is 41.6 Å². The van der Waals surface area contributed by atoms with Crippen LogP contribution in [0.5, 0.6) is 5.75 Å². The fourth-order valence-corrected chi connectivity index (χ4v) is 4.28. The van der Waals surface area contributed by atoms with Gasteiger partial charge in [-0.25, -0.2) is 9.18 Å². The van der Waals surface area contributed by atoms with Crippen LogP contribution < -0.4 is 10.4 Å². The van der Waals surface area contributed by atoms with Gasteiger partial charge in [0.05, 0.1) is 0 Å². The number of thioether (sulfide) groups is 1. The largest absolute Gasteiger partial charge is 0.483 e. The Morgan fingerprint density at radius 1 is 1.28 bits per heavy atom. The van der Waals surface area contributed by atoms with E-state index in [2.05, 4.69) is 16.8 Å². The van der Waals surface area contributed by atoms with Gasteiger partial charge < -0.3 is 9.15 Å². The van der Waals surface area contributed by atoms with Crippen molar-refractivity contribution < 1.29 is 13.5 Å². The van der Waals surface area contributed by atoms with Crippen LogP contribution in [0.3, 0.4) is 0 Å². The summed E-state index contributed by atoms with van der Waals surface area (Å²) in [6.45, 7) is 6.14. The summed E-state index contributed by atoms with van der Waals surface area (Å²) >= 11 is 7.69. The maximum Gasteiger partial charge on any atom is 0.336 e. The SMILES string of the molecule is C=CCn1c(COc2ccccc2F)nnc1SCc1cc(=O)oc2cc(C)c(Cl)cc12. The highest BCUT2D eigenvalue weighted by Crippen LogP contribution is 2.29. The van der Waals surface area contributed by atoms with E-state index in [-0.39, 0.29) is 12.4 Å². The smallest absolute Gasteiger partial charge is 0.336 e. The summed E-state index contributed by atoms with van der Waals surface area (Å²) in [4.78, 5) is 12.0. The predicted molar refractivity (Wildman–Crippen MR) is 123 cm³/mol. The summed E-state index contributed by atoms with van der Waals surface area (Å²) in [5.74, 6) is 0.683. The van der Waals surface area contributed by atoms with Gasteiger partial charge in [0.15, 0.2) is 22.5 Å². The van der Waals surface area contributed by atoms with E-state index < -0.39 is 11.4 Å². The second-order valence-electron chi connectivity index (χ2n) is 6.99. The van der Waals surface area contributed by atoms with Crippen molar-refractivity contribution in [3.63, 3.8) is 0 Å². The molecular weight excluding hydrogens is 453 g/mol. The van der Waals surface area contributed by atoms with Crippen LogP contribution in [-0.4, -0.2) is 14.8 Å². The minimum atomic E-state index is -0.444. The molecule has 0 spiro atoms. The lowest BCUT2D eigenvalue weighted by Crippen LogP contribution is -2.08. The zero-order chi connectivity index (χ0) is 22.7. The van der Waals surface area contributed by atoms with Crippen LogP contribution in [0.15, 0.2) is 69.5 Å². The number of fused-ring (bicyclic) bond motifs is 1. The molecule has 164 valence electrons. The molecule has 0 bridgehead atoms. The van der Waals surface area contributed by atoms with Gasteiger partial charge in [0, 0.05) is 28.8 Å². The number of ether oxygens (including phenoxy) is 1. The Kier molecular flexibility index (Phi) is 6.62. The zero-order valence-corrected chi connectivity index (χ0v) is 18.8. The van der Waals surface area contributed by atoms with Crippen LogP contribution in [0.1, 0.15) is 17.0 Å². The highest BCUT2D eigenvalue weighted by molar-refractivity contribution is 7.98. The molecule has 0 aliphatic heterocycles. The van der Waals surface area contributed by atoms with Crippen LogP contribution in [0, 0.1) is 12.7 Å². The van der Waals surface area contributed by atoms with Crippen molar-refractivity contribution in [2.24, 2.45) is 0 Å². The quantitative estimate of drug-likeness (QED) is 0.191. The average Bonchev–Trinajstić information content (AvgIpc) is 3.14. The monoisotopic (exact) mass is 471 g/mol. The Bertz CT molecular complexity index is 1350. The molecule has 4 aromatic rings. The molecule has 0 radical (unpaired) electrons. The number of aromatic nitrogens is 3. The van der Waals surface area contributed by atoms with E-state index in [1.54, 1.807) is 36.4 Å². The number of nitrogens with zero attached hydrogens (tertiary/aromatic N) is 3. The first-order valence-electron chi connectivity index (χ1n) is 9.72. The van der Waals surface area contributed by atoms with Crippen molar-refractivity contribution in [1.82, 2.24) is 14.8 Å². The highest BCUT2D eigenvalue weighted by atomic mass is 35.5. The van der Waals surface area contributed by atoms with Crippen LogP contribution in [0.4, 0.5) is 4.39 Å². The van der Waals surface area contributed by atoms with E-state index in [4.69, 9.17) is 20.8 Å². The van der Waals surface area contributed by atoms with Gasteiger partial charge in [-0.05, 0) is 42.3 Å². The molecule has 2 aromatic heterocycles. The molecule has 2 heterocycles. The Hall–Kier alpha value is -3.10. The Labute approximate surface area is 192 Å². The normalized spacial score (nSPS) is 11.1. The summed E-state index contributed by atoms with van der Waals surface area (Å²) in [5, 5.41) is 10.4. The summed E-state index contributed by atoms with van der Waals surface area (Å²) in [5.41, 5.74) is 1.67. The van der Waals surface area contributed by atoms with E-state index in [0.29, 0.717) is 33.9 Å². The number of aryl methyl sites for hydroxylation is 1.